The fourth-order valence-corrected chi connectivity index (χ4v) is 3.60. The normalized spacial score (nSPS) is 23.4. The van der Waals surface area contributed by atoms with Gasteiger partial charge in [-0.15, -0.1) is 0 Å². The standard InChI is InChI=1S/C12H21N5OS/c1-8(2)10-11(14-7-15-12(10)17-13)16-9-3-5-19(18)6-4-9/h7-9H,3-6,13H2,1-2H3,(H2,14,15,16,17). The molecule has 6 nitrogen and oxygen atoms in total. The van der Waals surface area contributed by atoms with Gasteiger partial charge in [0.05, 0.1) is 0 Å². The summed E-state index contributed by atoms with van der Waals surface area (Å²) in [6.07, 6.45) is 3.34. The summed E-state index contributed by atoms with van der Waals surface area (Å²) in [5.41, 5.74) is 3.62. The van der Waals surface area contributed by atoms with Gasteiger partial charge in [0, 0.05) is 33.9 Å². The number of hydrogen-bond donors (Lipinski definition) is 3. The molecule has 1 aromatic heterocycles. The molecule has 0 saturated carbocycles. The molecular formula is C12H21N5OS. The van der Waals surface area contributed by atoms with Crippen LogP contribution in [-0.4, -0.2) is 31.7 Å². The zero-order valence-corrected chi connectivity index (χ0v) is 12.2. The van der Waals surface area contributed by atoms with Gasteiger partial charge in [-0.1, -0.05) is 13.8 Å². The lowest BCUT2D eigenvalue weighted by atomic mass is 10.0. The van der Waals surface area contributed by atoms with Crippen LogP contribution in [0, 0.1) is 0 Å². The van der Waals surface area contributed by atoms with E-state index in [2.05, 4.69) is 34.6 Å². The van der Waals surface area contributed by atoms with Crippen LogP contribution in [0.15, 0.2) is 6.33 Å². The minimum atomic E-state index is -0.644. The first-order valence-corrected chi connectivity index (χ1v) is 8.03. The fourth-order valence-electron chi connectivity index (χ4n) is 2.30. The van der Waals surface area contributed by atoms with Crippen LogP contribution in [0.2, 0.25) is 0 Å². The molecule has 0 amide bonds. The highest BCUT2D eigenvalue weighted by molar-refractivity contribution is 7.85. The Kier molecular flexibility index (Phi) is 4.71. The van der Waals surface area contributed by atoms with Gasteiger partial charge in [-0.2, -0.15) is 0 Å². The van der Waals surface area contributed by atoms with E-state index in [4.69, 9.17) is 5.84 Å². The van der Waals surface area contributed by atoms with Crippen molar-refractivity contribution >= 4 is 22.4 Å². The molecule has 7 heteroatoms. The second-order valence-corrected chi connectivity index (χ2v) is 6.75. The highest BCUT2D eigenvalue weighted by Crippen LogP contribution is 2.29. The highest BCUT2D eigenvalue weighted by Gasteiger charge is 2.21. The van der Waals surface area contributed by atoms with Crippen molar-refractivity contribution in [1.29, 1.82) is 0 Å². The Balaban J connectivity index is 2.17. The Morgan fingerprint density at radius 1 is 1.32 bits per heavy atom. The summed E-state index contributed by atoms with van der Waals surface area (Å²) in [5.74, 6) is 8.79. The van der Waals surface area contributed by atoms with Crippen LogP contribution in [0.5, 0.6) is 0 Å². The van der Waals surface area contributed by atoms with Gasteiger partial charge in [0.15, 0.2) is 0 Å². The molecule has 0 spiro atoms. The van der Waals surface area contributed by atoms with E-state index < -0.39 is 10.8 Å². The summed E-state index contributed by atoms with van der Waals surface area (Å²) in [5, 5.41) is 3.44. The molecule has 2 heterocycles. The van der Waals surface area contributed by atoms with Crippen molar-refractivity contribution in [3.63, 3.8) is 0 Å². The van der Waals surface area contributed by atoms with Crippen molar-refractivity contribution < 1.29 is 4.21 Å². The number of hydrogen-bond acceptors (Lipinski definition) is 6. The molecule has 0 unspecified atom stereocenters. The van der Waals surface area contributed by atoms with Crippen molar-refractivity contribution in [2.75, 3.05) is 22.2 Å². The minimum Gasteiger partial charge on any atom is -0.367 e. The van der Waals surface area contributed by atoms with Gasteiger partial charge >= 0.3 is 0 Å². The predicted molar refractivity (Wildman–Crippen MR) is 78.5 cm³/mol. The van der Waals surface area contributed by atoms with Crippen LogP contribution in [0.3, 0.4) is 0 Å². The summed E-state index contributed by atoms with van der Waals surface area (Å²) in [6.45, 7) is 4.17. The van der Waals surface area contributed by atoms with Crippen molar-refractivity contribution in [2.24, 2.45) is 5.84 Å². The molecule has 106 valence electrons. The fraction of sp³-hybridized carbons (Fsp3) is 0.667. The number of anilines is 2. The van der Waals surface area contributed by atoms with Crippen molar-refractivity contribution in [3.05, 3.63) is 11.9 Å². The van der Waals surface area contributed by atoms with E-state index in [9.17, 15) is 4.21 Å². The third-order valence-electron chi connectivity index (χ3n) is 3.33. The van der Waals surface area contributed by atoms with Gasteiger partial charge in [0.25, 0.3) is 0 Å². The van der Waals surface area contributed by atoms with Crippen molar-refractivity contribution in [3.8, 4) is 0 Å². The first kappa shape index (κ1) is 14.2. The smallest absolute Gasteiger partial charge is 0.148 e. The molecule has 1 aromatic rings. The first-order valence-electron chi connectivity index (χ1n) is 6.54. The predicted octanol–water partition coefficient (Wildman–Crippen LogP) is 1.21. The lowest BCUT2D eigenvalue weighted by Gasteiger charge is -2.25. The summed E-state index contributed by atoms with van der Waals surface area (Å²) in [4.78, 5) is 8.48. The quantitative estimate of drug-likeness (QED) is 0.568. The Hall–Kier alpha value is -1.21. The maximum atomic E-state index is 11.4. The summed E-state index contributed by atoms with van der Waals surface area (Å²) >= 11 is 0. The lowest BCUT2D eigenvalue weighted by Crippen LogP contribution is -2.30. The highest BCUT2D eigenvalue weighted by atomic mass is 32.2. The molecule has 1 saturated heterocycles. The Bertz CT molecular complexity index is 455. The van der Waals surface area contributed by atoms with Gasteiger partial charge in [-0.25, -0.2) is 15.8 Å². The van der Waals surface area contributed by atoms with E-state index in [-0.39, 0.29) is 5.92 Å². The number of nitrogens with one attached hydrogen (secondary N) is 2. The third kappa shape index (κ3) is 3.42. The summed E-state index contributed by atoms with van der Waals surface area (Å²) in [7, 11) is -0.644. The van der Waals surface area contributed by atoms with Gasteiger partial charge in [-0.05, 0) is 18.8 Å². The second kappa shape index (κ2) is 6.29. The average molecular weight is 283 g/mol. The van der Waals surface area contributed by atoms with E-state index >= 15 is 0 Å². The molecule has 19 heavy (non-hydrogen) atoms. The van der Waals surface area contributed by atoms with Crippen molar-refractivity contribution in [1.82, 2.24) is 9.97 Å². The second-order valence-electron chi connectivity index (χ2n) is 5.05. The van der Waals surface area contributed by atoms with Gasteiger partial charge in [0.2, 0.25) is 0 Å². The van der Waals surface area contributed by atoms with Crippen LogP contribution in [0.4, 0.5) is 11.6 Å². The van der Waals surface area contributed by atoms with E-state index in [1.54, 1.807) is 0 Å². The molecule has 1 aliphatic heterocycles. The molecule has 2 rings (SSSR count). The molecule has 0 radical (unpaired) electrons. The average Bonchev–Trinajstić information content (AvgIpc) is 2.40. The molecule has 4 N–H and O–H groups in total. The monoisotopic (exact) mass is 283 g/mol. The lowest BCUT2D eigenvalue weighted by molar-refractivity contribution is 0.621. The molecule has 0 aromatic carbocycles. The van der Waals surface area contributed by atoms with E-state index in [0.29, 0.717) is 11.9 Å². The van der Waals surface area contributed by atoms with E-state index in [0.717, 1.165) is 35.7 Å². The van der Waals surface area contributed by atoms with Crippen LogP contribution in [-0.2, 0) is 10.8 Å². The maximum absolute atomic E-state index is 11.4. The number of nitrogens with zero attached hydrogens (tertiary/aromatic N) is 2. The van der Waals surface area contributed by atoms with Crippen molar-refractivity contribution in [2.45, 2.75) is 38.6 Å². The molecular weight excluding hydrogens is 262 g/mol. The Morgan fingerprint density at radius 3 is 2.53 bits per heavy atom. The minimum absolute atomic E-state index is 0.271. The summed E-state index contributed by atoms with van der Waals surface area (Å²) < 4.78 is 11.4. The number of nitrogen functional groups attached to an aromatic ring is 1. The van der Waals surface area contributed by atoms with Crippen LogP contribution >= 0.6 is 0 Å². The number of aromatic nitrogens is 2. The topological polar surface area (TPSA) is 92.9 Å². The Morgan fingerprint density at radius 2 is 1.95 bits per heavy atom. The summed E-state index contributed by atoms with van der Waals surface area (Å²) in [6, 6.07) is 0.329. The van der Waals surface area contributed by atoms with Crippen LogP contribution in [0.1, 0.15) is 38.2 Å². The zero-order chi connectivity index (χ0) is 13.8. The SMILES string of the molecule is CC(C)c1c(NN)ncnc1NC1CCS(=O)CC1. The molecule has 0 aliphatic carbocycles. The zero-order valence-electron chi connectivity index (χ0n) is 11.3. The van der Waals surface area contributed by atoms with Gasteiger partial charge in [0.1, 0.15) is 18.0 Å². The molecule has 1 aliphatic rings. The number of nitrogens with two attached hydrogens (primary N) is 1. The molecule has 0 atom stereocenters. The first-order chi connectivity index (χ1) is 9.11. The van der Waals surface area contributed by atoms with E-state index in [1.807, 2.05) is 0 Å². The largest absolute Gasteiger partial charge is 0.367 e. The van der Waals surface area contributed by atoms with E-state index in [1.165, 1.54) is 6.33 Å². The van der Waals surface area contributed by atoms with Gasteiger partial charge in [-0.3, -0.25) is 4.21 Å². The Labute approximate surface area is 116 Å². The maximum Gasteiger partial charge on any atom is 0.148 e. The van der Waals surface area contributed by atoms with Crippen LogP contribution < -0.4 is 16.6 Å². The molecule has 0 bridgehead atoms. The number of hydrazine groups is 1. The molecule has 1 fully saturated rings. The van der Waals surface area contributed by atoms with Crippen LogP contribution in [0.25, 0.3) is 0 Å². The van der Waals surface area contributed by atoms with Gasteiger partial charge < -0.3 is 10.7 Å². The number of rotatable bonds is 4. The third-order valence-corrected chi connectivity index (χ3v) is 4.71.